The fourth-order valence-corrected chi connectivity index (χ4v) is 2.84. The molecule has 0 aliphatic rings. The van der Waals surface area contributed by atoms with Gasteiger partial charge < -0.3 is 15.4 Å². The normalized spacial score (nSPS) is 14.1. The molecule has 0 aliphatic heterocycles. The molecule has 0 heterocycles. The highest BCUT2D eigenvalue weighted by molar-refractivity contribution is 7.92. The largest absolute Gasteiger partial charge is 0.489 e. The van der Waals surface area contributed by atoms with Crippen LogP contribution in [0.2, 0.25) is 0 Å². The predicted molar refractivity (Wildman–Crippen MR) is 99.4 cm³/mol. The van der Waals surface area contributed by atoms with E-state index in [1.807, 2.05) is 6.92 Å². The third kappa shape index (κ3) is 7.29. The van der Waals surface area contributed by atoms with Crippen molar-refractivity contribution < 1.29 is 17.5 Å². The zero-order chi connectivity index (χ0) is 19.1. The van der Waals surface area contributed by atoms with Crippen LogP contribution in [-0.2, 0) is 9.84 Å². The van der Waals surface area contributed by atoms with E-state index in [2.05, 4.69) is 15.6 Å². The van der Waals surface area contributed by atoms with E-state index in [1.165, 1.54) is 12.1 Å². The third-order valence-corrected chi connectivity index (χ3v) is 6.14. The topological polar surface area (TPSA) is 79.8 Å². The molecule has 1 aromatic rings. The zero-order valence-electron chi connectivity index (χ0n) is 15.5. The lowest BCUT2D eigenvalue weighted by molar-refractivity contribution is 0.223. The minimum absolute atomic E-state index is 0.0266. The van der Waals surface area contributed by atoms with Crippen LogP contribution in [0.5, 0.6) is 5.75 Å². The maximum Gasteiger partial charge on any atom is 0.191 e. The van der Waals surface area contributed by atoms with Crippen molar-refractivity contribution in [1.29, 1.82) is 0 Å². The number of aliphatic imine (C=N–C) groups is 1. The predicted octanol–water partition coefficient (Wildman–Crippen LogP) is 1.97. The number of rotatable bonds is 7. The van der Waals surface area contributed by atoms with Crippen molar-refractivity contribution in [3.8, 4) is 5.75 Å². The first-order chi connectivity index (χ1) is 11.5. The van der Waals surface area contributed by atoms with Crippen LogP contribution in [0.4, 0.5) is 4.39 Å². The number of nitrogens with one attached hydrogen (secondary N) is 2. The molecular weight excluding hydrogens is 345 g/mol. The average Bonchev–Trinajstić information content (AvgIpc) is 2.51. The van der Waals surface area contributed by atoms with Gasteiger partial charge in [0, 0.05) is 13.6 Å². The van der Waals surface area contributed by atoms with Gasteiger partial charge in [-0.15, -0.1) is 0 Å². The highest BCUT2D eigenvalue weighted by Crippen LogP contribution is 2.15. The summed E-state index contributed by atoms with van der Waals surface area (Å²) in [5, 5.41) is 6.05. The van der Waals surface area contributed by atoms with Gasteiger partial charge in [0.2, 0.25) is 0 Å². The molecule has 0 aliphatic carbocycles. The fourth-order valence-electron chi connectivity index (χ4n) is 1.86. The van der Waals surface area contributed by atoms with Gasteiger partial charge in [-0.1, -0.05) is 0 Å². The molecule has 1 atom stereocenters. The van der Waals surface area contributed by atoms with Crippen molar-refractivity contribution in [2.75, 3.05) is 25.9 Å². The summed E-state index contributed by atoms with van der Waals surface area (Å²) >= 11 is 0. The van der Waals surface area contributed by atoms with Gasteiger partial charge in [-0.3, -0.25) is 4.99 Å². The highest BCUT2D eigenvalue weighted by Gasteiger charge is 2.28. The Morgan fingerprint density at radius 1 is 1.24 bits per heavy atom. The summed E-state index contributed by atoms with van der Waals surface area (Å²) in [6.07, 6.45) is -0.178. The van der Waals surface area contributed by atoms with Gasteiger partial charge in [0.25, 0.3) is 0 Å². The molecule has 1 aromatic carbocycles. The summed E-state index contributed by atoms with van der Waals surface area (Å²) in [6.45, 7) is 7.65. The number of hydrogen-bond donors (Lipinski definition) is 2. The van der Waals surface area contributed by atoms with Gasteiger partial charge in [-0.2, -0.15) is 0 Å². The van der Waals surface area contributed by atoms with Crippen LogP contribution in [-0.4, -0.2) is 51.1 Å². The summed E-state index contributed by atoms with van der Waals surface area (Å²) in [5.41, 5.74) is 0. The van der Waals surface area contributed by atoms with Crippen molar-refractivity contribution in [3.05, 3.63) is 30.1 Å². The maximum absolute atomic E-state index is 12.9. The molecule has 0 fully saturated rings. The molecule has 1 rings (SSSR count). The number of halogens is 1. The molecule has 142 valence electrons. The second-order valence-electron chi connectivity index (χ2n) is 6.69. The number of nitrogens with zero attached hydrogens (tertiary/aromatic N) is 1. The third-order valence-electron chi connectivity index (χ3n) is 3.53. The minimum atomic E-state index is -3.18. The first kappa shape index (κ1) is 21.2. The van der Waals surface area contributed by atoms with E-state index >= 15 is 0 Å². The molecule has 0 spiro atoms. The molecule has 8 heteroatoms. The number of sulfone groups is 1. The number of ether oxygens (including phenoxy) is 1. The molecule has 2 N–H and O–H groups in total. The number of benzene rings is 1. The molecule has 0 aromatic heterocycles. The summed E-state index contributed by atoms with van der Waals surface area (Å²) in [7, 11) is -1.57. The molecule has 6 nitrogen and oxygen atoms in total. The van der Waals surface area contributed by atoms with E-state index in [1.54, 1.807) is 40.0 Å². The molecule has 0 saturated heterocycles. The Morgan fingerprint density at radius 2 is 1.84 bits per heavy atom. The van der Waals surface area contributed by atoms with Crippen molar-refractivity contribution in [2.24, 2.45) is 4.99 Å². The lowest BCUT2D eigenvalue weighted by atomic mass is 10.3. The van der Waals surface area contributed by atoms with Crippen LogP contribution in [0, 0.1) is 5.82 Å². The van der Waals surface area contributed by atoms with Crippen molar-refractivity contribution in [2.45, 2.75) is 38.5 Å². The molecule has 25 heavy (non-hydrogen) atoms. The van der Waals surface area contributed by atoms with E-state index in [9.17, 15) is 12.8 Å². The maximum atomic E-state index is 12.9. The Morgan fingerprint density at radius 3 is 2.36 bits per heavy atom. The molecule has 0 amide bonds. The Labute approximate surface area is 149 Å². The van der Waals surface area contributed by atoms with Crippen molar-refractivity contribution in [3.63, 3.8) is 0 Å². The summed E-state index contributed by atoms with van der Waals surface area (Å²) in [5.74, 6) is 0.792. The van der Waals surface area contributed by atoms with Gasteiger partial charge in [0.05, 0.1) is 17.0 Å². The molecule has 0 saturated carbocycles. The van der Waals surface area contributed by atoms with E-state index in [-0.39, 0.29) is 24.2 Å². The van der Waals surface area contributed by atoms with Crippen LogP contribution in [0.25, 0.3) is 0 Å². The zero-order valence-corrected chi connectivity index (χ0v) is 16.3. The quantitative estimate of drug-likeness (QED) is 0.564. The van der Waals surface area contributed by atoms with Gasteiger partial charge >= 0.3 is 0 Å². The SMILES string of the molecule is CN=C(NCCS(=O)(=O)C(C)(C)C)NCC(C)Oc1ccc(F)cc1. The van der Waals surface area contributed by atoms with Crippen LogP contribution in [0.15, 0.2) is 29.3 Å². The first-order valence-corrected chi connectivity index (χ1v) is 9.79. The van der Waals surface area contributed by atoms with E-state index in [4.69, 9.17) is 4.74 Å². The lowest BCUT2D eigenvalue weighted by Crippen LogP contribution is -2.44. The second-order valence-corrected chi connectivity index (χ2v) is 9.56. The number of guanidine groups is 1. The van der Waals surface area contributed by atoms with E-state index in [0.29, 0.717) is 18.3 Å². The van der Waals surface area contributed by atoms with Gasteiger partial charge in [0.1, 0.15) is 17.7 Å². The standard InChI is InChI=1S/C17H28FN3O3S/c1-13(24-15-8-6-14(18)7-9-15)12-21-16(19-5)20-10-11-25(22,23)17(2,3)4/h6-9,13H,10-12H2,1-5H3,(H2,19,20,21). The first-order valence-electron chi connectivity index (χ1n) is 8.14. The lowest BCUT2D eigenvalue weighted by Gasteiger charge is -2.20. The molecule has 0 radical (unpaired) electrons. The van der Waals surface area contributed by atoms with Crippen molar-refractivity contribution in [1.82, 2.24) is 10.6 Å². The smallest absolute Gasteiger partial charge is 0.191 e. The van der Waals surface area contributed by atoms with Crippen molar-refractivity contribution >= 4 is 15.8 Å². The van der Waals surface area contributed by atoms with Crippen LogP contribution in [0.1, 0.15) is 27.7 Å². The summed E-state index contributed by atoms with van der Waals surface area (Å²) in [6, 6.07) is 5.81. The Hall–Kier alpha value is -1.83. The minimum Gasteiger partial charge on any atom is -0.489 e. The fraction of sp³-hybridized carbons (Fsp3) is 0.588. The molecule has 1 unspecified atom stereocenters. The van der Waals surface area contributed by atoms with Crippen LogP contribution < -0.4 is 15.4 Å². The highest BCUT2D eigenvalue weighted by atomic mass is 32.2. The second kappa shape index (κ2) is 9.03. The van der Waals surface area contributed by atoms with E-state index < -0.39 is 14.6 Å². The van der Waals surface area contributed by atoms with Crippen LogP contribution >= 0.6 is 0 Å². The number of hydrogen-bond acceptors (Lipinski definition) is 4. The Balaban J connectivity index is 2.40. The van der Waals surface area contributed by atoms with Gasteiger partial charge in [-0.05, 0) is 52.0 Å². The average molecular weight is 373 g/mol. The Bertz CT molecular complexity index is 667. The van der Waals surface area contributed by atoms with E-state index in [0.717, 1.165) is 0 Å². The summed E-state index contributed by atoms with van der Waals surface area (Å²) in [4.78, 5) is 4.05. The molecule has 0 bridgehead atoms. The Kier molecular flexibility index (Phi) is 7.66. The van der Waals surface area contributed by atoms with Gasteiger partial charge in [-0.25, -0.2) is 12.8 Å². The summed E-state index contributed by atoms with van der Waals surface area (Å²) < 4.78 is 41.9. The van der Waals surface area contributed by atoms with Gasteiger partial charge in [0.15, 0.2) is 15.8 Å². The van der Waals surface area contributed by atoms with Crippen LogP contribution in [0.3, 0.4) is 0 Å². The monoisotopic (exact) mass is 373 g/mol. The molecular formula is C17H28FN3O3S.